The number of aryl methyl sites for hydroxylation is 1. The molecule has 0 bridgehead atoms. The summed E-state index contributed by atoms with van der Waals surface area (Å²) in [6.45, 7) is 5.71. The van der Waals surface area contributed by atoms with Crippen LogP contribution < -0.4 is 16.8 Å². The number of hydrogen-bond donors (Lipinski definition) is 3. The van der Waals surface area contributed by atoms with Crippen LogP contribution in [0.2, 0.25) is 0 Å². The largest absolute Gasteiger partial charge is 0.396 e. The van der Waals surface area contributed by atoms with Crippen LogP contribution >= 0.6 is 0 Å². The molecule has 0 saturated carbocycles. The van der Waals surface area contributed by atoms with Crippen molar-refractivity contribution in [2.24, 2.45) is 11.7 Å². The Hall–Kier alpha value is -1.78. The summed E-state index contributed by atoms with van der Waals surface area (Å²) in [5.41, 5.74) is 12.6. The smallest absolute Gasteiger partial charge is 0.240 e. The average molecular weight is 222 g/mol. The van der Waals surface area contributed by atoms with Gasteiger partial charge in [0.1, 0.15) is 11.9 Å². The number of rotatable bonds is 4. The van der Waals surface area contributed by atoms with Crippen molar-refractivity contribution in [3.8, 4) is 0 Å². The second-order valence-electron chi connectivity index (χ2n) is 4.16. The molecule has 5 N–H and O–H groups in total. The van der Waals surface area contributed by atoms with Gasteiger partial charge >= 0.3 is 0 Å². The van der Waals surface area contributed by atoms with Gasteiger partial charge in [0, 0.05) is 6.20 Å². The minimum atomic E-state index is -0.461. The van der Waals surface area contributed by atoms with Gasteiger partial charge in [-0.2, -0.15) is 0 Å². The van der Waals surface area contributed by atoms with E-state index in [-0.39, 0.29) is 5.92 Å². The van der Waals surface area contributed by atoms with E-state index in [9.17, 15) is 4.79 Å². The van der Waals surface area contributed by atoms with Gasteiger partial charge in [0.2, 0.25) is 5.91 Å². The fourth-order valence-corrected chi connectivity index (χ4v) is 1.40. The highest BCUT2D eigenvalue weighted by molar-refractivity contribution is 5.84. The van der Waals surface area contributed by atoms with Gasteiger partial charge in [-0.15, -0.1) is 0 Å². The van der Waals surface area contributed by atoms with E-state index in [0.717, 1.165) is 5.56 Å². The molecule has 0 aliphatic rings. The van der Waals surface area contributed by atoms with E-state index >= 15 is 0 Å². The minimum Gasteiger partial charge on any atom is -0.396 e. The Morgan fingerprint density at radius 2 is 2.12 bits per heavy atom. The number of anilines is 2. The Morgan fingerprint density at radius 3 is 2.62 bits per heavy atom. The van der Waals surface area contributed by atoms with Crippen molar-refractivity contribution < 1.29 is 4.79 Å². The number of nitrogens with zero attached hydrogens (tertiary/aromatic N) is 1. The quantitative estimate of drug-likeness (QED) is 0.705. The van der Waals surface area contributed by atoms with E-state index < -0.39 is 11.9 Å². The maximum absolute atomic E-state index is 11.2. The molecule has 1 heterocycles. The minimum absolute atomic E-state index is 0.0826. The summed E-state index contributed by atoms with van der Waals surface area (Å²) in [5.74, 6) is 0.189. The zero-order chi connectivity index (χ0) is 12.3. The molecule has 5 heteroatoms. The molecule has 0 aliphatic carbocycles. The van der Waals surface area contributed by atoms with E-state index in [2.05, 4.69) is 10.3 Å². The first-order chi connectivity index (χ1) is 7.43. The molecular formula is C11H18N4O. The monoisotopic (exact) mass is 222 g/mol. The number of primary amides is 1. The maximum atomic E-state index is 11.2. The van der Waals surface area contributed by atoms with E-state index in [0.29, 0.717) is 11.5 Å². The highest BCUT2D eigenvalue weighted by Gasteiger charge is 2.20. The van der Waals surface area contributed by atoms with Gasteiger partial charge in [0.25, 0.3) is 0 Å². The third-order valence-electron chi connectivity index (χ3n) is 2.47. The zero-order valence-electron chi connectivity index (χ0n) is 9.82. The average Bonchev–Trinajstić information content (AvgIpc) is 2.19. The molecule has 0 aliphatic heterocycles. The van der Waals surface area contributed by atoms with Crippen LogP contribution in [0.25, 0.3) is 0 Å². The molecule has 1 atom stereocenters. The van der Waals surface area contributed by atoms with Crippen LogP contribution in [0.4, 0.5) is 11.5 Å². The summed E-state index contributed by atoms with van der Waals surface area (Å²) in [4.78, 5) is 15.3. The van der Waals surface area contributed by atoms with Gasteiger partial charge in [0.05, 0.1) is 5.69 Å². The van der Waals surface area contributed by atoms with Crippen molar-refractivity contribution in [1.82, 2.24) is 4.98 Å². The SMILES string of the molecule is Cc1ccnc(NC(C(N)=O)C(C)C)c1N. The van der Waals surface area contributed by atoms with Crippen LogP contribution in [0, 0.1) is 12.8 Å². The Kier molecular flexibility index (Phi) is 3.71. The third-order valence-corrected chi connectivity index (χ3v) is 2.47. The predicted molar refractivity (Wildman–Crippen MR) is 64.8 cm³/mol. The second-order valence-corrected chi connectivity index (χ2v) is 4.16. The number of aromatic nitrogens is 1. The number of hydrogen-bond acceptors (Lipinski definition) is 4. The lowest BCUT2D eigenvalue weighted by molar-refractivity contribution is -0.119. The molecule has 0 fully saturated rings. The Labute approximate surface area is 95.2 Å². The second kappa shape index (κ2) is 4.83. The maximum Gasteiger partial charge on any atom is 0.240 e. The number of nitrogens with one attached hydrogen (secondary N) is 1. The molecule has 1 amide bonds. The van der Waals surface area contributed by atoms with E-state index in [1.54, 1.807) is 6.20 Å². The van der Waals surface area contributed by atoms with Crippen LogP contribution in [0.1, 0.15) is 19.4 Å². The van der Waals surface area contributed by atoms with Crippen molar-refractivity contribution in [2.75, 3.05) is 11.1 Å². The molecule has 5 nitrogen and oxygen atoms in total. The summed E-state index contributed by atoms with van der Waals surface area (Å²) in [6, 6.07) is 1.35. The lowest BCUT2D eigenvalue weighted by atomic mass is 10.0. The fraction of sp³-hybridized carbons (Fsp3) is 0.455. The molecule has 0 radical (unpaired) electrons. The molecule has 16 heavy (non-hydrogen) atoms. The Balaban J connectivity index is 2.94. The predicted octanol–water partition coefficient (Wildman–Crippen LogP) is 0.894. The van der Waals surface area contributed by atoms with Crippen molar-refractivity contribution >= 4 is 17.4 Å². The van der Waals surface area contributed by atoms with E-state index in [4.69, 9.17) is 11.5 Å². The van der Waals surface area contributed by atoms with Crippen molar-refractivity contribution in [3.63, 3.8) is 0 Å². The standard InChI is InChI=1S/C11H18N4O/c1-6(2)9(10(13)16)15-11-8(12)7(3)4-5-14-11/h4-6,9H,12H2,1-3H3,(H2,13,16)(H,14,15). The molecule has 0 aromatic carbocycles. The van der Waals surface area contributed by atoms with Crippen LogP contribution in [-0.4, -0.2) is 16.9 Å². The Morgan fingerprint density at radius 1 is 1.50 bits per heavy atom. The number of nitrogens with two attached hydrogens (primary N) is 2. The number of pyridine rings is 1. The number of carbonyl (C=O) groups is 1. The van der Waals surface area contributed by atoms with Crippen LogP contribution in [0.5, 0.6) is 0 Å². The molecule has 88 valence electrons. The van der Waals surface area contributed by atoms with Gasteiger partial charge in [0.15, 0.2) is 0 Å². The topological polar surface area (TPSA) is 94.0 Å². The molecular weight excluding hydrogens is 204 g/mol. The molecule has 0 spiro atoms. The summed E-state index contributed by atoms with van der Waals surface area (Å²) < 4.78 is 0. The lowest BCUT2D eigenvalue weighted by Gasteiger charge is -2.20. The zero-order valence-corrected chi connectivity index (χ0v) is 9.82. The van der Waals surface area contributed by atoms with Gasteiger partial charge in [-0.1, -0.05) is 13.8 Å². The van der Waals surface area contributed by atoms with Crippen molar-refractivity contribution in [1.29, 1.82) is 0 Å². The molecule has 1 aromatic heterocycles. The van der Waals surface area contributed by atoms with E-state index in [1.807, 2.05) is 26.8 Å². The van der Waals surface area contributed by atoms with Gasteiger partial charge < -0.3 is 16.8 Å². The van der Waals surface area contributed by atoms with Gasteiger partial charge in [-0.05, 0) is 24.5 Å². The highest BCUT2D eigenvalue weighted by atomic mass is 16.1. The molecule has 1 unspecified atom stereocenters. The van der Waals surface area contributed by atoms with Crippen LogP contribution in [0.15, 0.2) is 12.3 Å². The first kappa shape index (κ1) is 12.3. The first-order valence-corrected chi connectivity index (χ1v) is 5.20. The van der Waals surface area contributed by atoms with Gasteiger partial charge in [-0.3, -0.25) is 4.79 Å². The van der Waals surface area contributed by atoms with Crippen LogP contribution in [0.3, 0.4) is 0 Å². The number of nitrogen functional groups attached to an aromatic ring is 1. The van der Waals surface area contributed by atoms with E-state index in [1.165, 1.54) is 0 Å². The van der Waals surface area contributed by atoms with Crippen LogP contribution in [-0.2, 0) is 4.79 Å². The normalized spacial score (nSPS) is 12.5. The summed E-state index contributed by atoms with van der Waals surface area (Å²) in [5, 5.41) is 2.98. The highest BCUT2D eigenvalue weighted by Crippen LogP contribution is 2.20. The lowest BCUT2D eigenvalue weighted by Crippen LogP contribution is -2.40. The molecule has 1 rings (SSSR count). The summed E-state index contributed by atoms with van der Waals surface area (Å²) in [7, 11) is 0. The molecule has 0 saturated heterocycles. The van der Waals surface area contributed by atoms with Crippen molar-refractivity contribution in [2.45, 2.75) is 26.8 Å². The number of amides is 1. The first-order valence-electron chi connectivity index (χ1n) is 5.20. The van der Waals surface area contributed by atoms with Gasteiger partial charge in [-0.25, -0.2) is 4.98 Å². The Bertz CT molecular complexity index is 390. The summed E-state index contributed by atoms with van der Waals surface area (Å²) >= 11 is 0. The fourth-order valence-electron chi connectivity index (χ4n) is 1.40. The number of carbonyl (C=O) groups excluding carboxylic acids is 1. The molecule has 1 aromatic rings. The van der Waals surface area contributed by atoms with Crippen molar-refractivity contribution in [3.05, 3.63) is 17.8 Å². The third kappa shape index (κ3) is 2.62. The summed E-state index contributed by atoms with van der Waals surface area (Å²) in [6.07, 6.45) is 1.65.